The van der Waals surface area contributed by atoms with E-state index in [2.05, 4.69) is 5.10 Å². The van der Waals surface area contributed by atoms with Gasteiger partial charge in [-0.15, -0.1) is 0 Å². The molecule has 0 radical (unpaired) electrons. The summed E-state index contributed by atoms with van der Waals surface area (Å²) < 4.78 is 1.33. The number of hydrogen-bond donors (Lipinski definition) is 1. The summed E-state index contributed by atoms with van der Waals surface area (Å²) in [6, 6.07) is 2.78. The van der Waals surface area contributed by atoms with Crippen molar-refractivity contribution in [2.45, 2.75) is 46.2 Å². The number of aliphatic hydroxyl groups excluding tert-OH is 1. The molecule has 6 heteroatoms. The van der Waals surface area contributed by atoms with Gasteiger partial charge in [0.15, 0.2) is 0 Å². The number of amides is 1. The topological polar surface area (TPSA) is 75.4 Å². The van der Waals surface area contributed by atoms with Crippen LogP contribution in [0.5, 0.6) is 0 Å². The third kappa shape index (κ3) is 4.16. The van der Waals surface area contributed by atoms with E-state index in [0.717, 1.165) is 12.8 Å². The Morgan fingerprint density at radius 1 is 1.45 bits per heavy atom. The maximum absolute atomic E-state index is 12.4. The van der Waals surface area contributed by atoms with E-state index in [4.69, 9.17) is 5.11 Å². The molecular formula is C14H23N3O3. The van der Waals surface area contributed by atoms with Crippen molar-refractivity contribution >= 4 is 5.91 Å². The number of nitrogens with zero attached hydrogens (tertiary/aromatic N) is 3. The molecule has 1 rings (SSSR count). The van der Waals surface area contributed by atoms with Gasteiger partial charge in [-0.3, -0.25) is 9.59 Å². The van der Waals surface area contributed by atoms with Crippen molar-refractivity contribution in [3.8, 4) is 0 Å². The van der Waals surface area contributed by atoms with Gasteiger partial charge in [-0.25, -0.2) is 4.68 Å². The van der Waals surface area contributed by atoms with E-state index in [1.54, 1.807) is 0 Å². The van der Waals surface area contributed by atoms with Crippen molar-refractivity contribution in [3.63, 3.8) is 0 Å². The summed E-state index contributed by atoms with van der Waals surface area (Å²) in [4.78, 5) is 25.6. The number of aliphatic hydroxyl groups is 1. The van der Waals surface area contributed by atoms with E-state index in [1.807, 2.05) is 20.8 Å². The third-order valence-corrected chi connectivity index (χ3v) is 3.03. The molecular weight excluding hydrogens is 258 g/mol. The van der Waals surface area contributed by atoms with Crippen molar-refractivity contribution in [1.82, 2.24) is 14.7 Å². The highest BCUT2D eigenvalue weighted by atomic mass is 16.3. The van der Waals surface area contributed by atoms with Crippen LogP contribution < -0.4 is 5.56 Å². The fraction of sp³-hybridized carbons (Fsp3) is 0.643. The summed E-state index contributed by atoms with van der Waals surface area (Å²) in [5, 5.41) is 13.2. The monoisotopic (exact) mass is 281 g/mol. The van der Waals surface area contributed by atoms with Crippen molar-refractivity contribution in [3.05, 3.63) is 28.2 Å². The van der Waals surface area contributed by atoms with Gasteiger partial charge in [0, 0.05) is 25.2 Å². The fourth-order valence-electron chi connectivity index (χ4n) is 1.88. The summed E-state index contributed by atoms with van der Waals surface area (Å²) in [6.07, 6.45) is 1.80. The molecule has 0 spiro atoms. The summed E-state index contributed by atoms with van der Waals surface area (Å²) in [5.41, 5.74) is 0.0381. The lowest BCUT2D eigenvalue weighted by Crippen LogP contribution is -2.40. The average Bonchev–Trinajstić information content (AvgIpc) is 2.42. The number of aromatic nitrogens is 2. The van der Waals surface area contributed by atoms with E-state index < -0.39 is 0 Å². The summed E-state index contributed by atoms with van der Waals surface area (Å²) in [5.74, 6) is -0.265. The molecule has 0 aliphatic heterocycles. The van der Waals surface area contributed by atoms with Gasteiger partial charge in [0.1, 0.15) is 5.69 Å². The minimum absolute atomic E-state index is 0.0348. The molecule has 6 nitrogen and oxygen atoms in total. The Bertz CT molecular complexity index is 497. The lowest BCUT2D eigenvalue weighted by atomic mass is 10.2. The molecule has 1 amide bonds. The van der Waals surface area contributed by atoms with Crippen LogP contribution in [-0.4, -0.2) is 44.9 Å². The summed E-state index contributed by atoms with van der Waals surface area (Å²) >= 11 is 0. The third-order valence-electron chi connectivity index (χ3n) is 3.03. The van der Waals surface area contributed by atoms with Crippen molar-refractivity contribution in [2.24, 2.45) is 0 Å². The number of hydrogen-bond acceptors (Lipinski definition) is 4. The SMILES string of the molecule is CCCCn1nc(C(=O)N(CCO)C(C)C)ccc1=O. The molecule has 0 saturated carbocycles. The van der Waals surface area contributed by atoms with E-state index in [-0.39, 0.29) is 36.4 Å². The van der Waals surface area contributed by atoms with E-state index in [0.29, 0.717) is 6.54 Å². The molecule has 112 valence electrons. The number of rotatable bonds is 7. The zero-order valence-corrected chi connectivity index (χ0v) is 12.4. The van der Waals surface area contributed by atoms with Crippen LogP contribution >= 0.6 is 0 Å². The first-order valence-electron chi connectivity index (χ1n) is 7.01. The standard InChI is InChI=1S/C14H23N3O3/c1-4-5-8-17-13(19)7-6-12(15-17)14(20)16(9-10-18)11(2)3/h6-7,11,18H,4-5,8-10H2,1-3H3. The molecule has 0 unspecified atom stereocenters. The van der Waals surface area contributed by atoms with Crippen LogP contribution in [0, 0.1) is 0 Å². The Hall–Kier alpha value is -1.69. The minimum Gasteiger partial charge on any atom is -0.395 e. The zero-order chi connectivity index (χ0) is 15.1. The minimum atomic E-state index is -0.265. The normalized spacial score (nSPS) is 10.8. The van der Waals surface area contributed by atoms with E-state index >= 15 is 0 Å². The molecule has 1 aromatic rings. The van der Waals surface area contributed by atoms with Gasteiger partial charge in [-0.2, -0.15) is 5.10 Å². The highest BCUT2D eigenvalue weighted by molar-refractivity contribution is 5.92. The zero-order valence-electron chi connectivity index (χ0n) is 12.4. The van der Waals surface area contributed by atoms with E-state index in [9.17, 15) is 9.59 Å². The van der Waals surface area contributed by atoms with Gasteiger partial charge >= 0.3 is 0 Å². The molecule has 1 heterocycles. The molecule has 0 bridgehead atoms. The second kappa shape index (κ2) is 7.79. The molecule has 0 atom stereocenters. The van der Waals surface area contributed by atoms with Gasteiger partial charge in [-0.05, 0) is 26.3 Å². The Balaban J connectivity index is 3.00. The van der Waals surface area contributed by atoms with Gasteiger partial charge in [0.25, 0.3) is 11.5 Å². The van der Waals surface area contributed by atoms with Gasteiger partial charge in [0.2, 0.25) is 0 Å². The van der Waals surface area contributed by atoms with E-state index in [1.165, 1.54) is 21.7 Å². The van der Waals surface area contributed by atoms with Gasteiger partial charge in [-0.1, -0.05) is 13.3 Å². The molecule has 1 N–H and O–H groups in total. The fourth-order valence-corrected chi connectivity index (χ4v) is 1.88. The lowest BCUT2D eigenvalue weighted by Gasteiger charge is -2.25. The van der Waals surface area contributed by atoms with Crippen molar-refractivity contribution in [2.75, 3.05) is 13.2 Å². The van der Waals surface area contributed by atoms with Crippen LogP contribution in [0.25, 0.3) is 0 Å². The van der Waals surface area contributed by atoms with Gasteiger partial charge < -0.3 is 10.0 Å². The first kappa shape index (κ1) is 16.4. The molecule has 0 aliphatic rings. The van der Waals surface area contributed by atoms with Crippen LogP contribution in [0.4, 0.5) is 0 Å². The van der Waals surface area contributed by atoms with Gasteiger partial charge in [0.05, 0.1) is 6.61 Å². The molecule has 0 saturated heterocycles. The van der Waals surface area contributed by atoms with Crippen LogP contribution in [-0.2, 0) is 6.54 Å². The maximum atomic E-state index is 12.4. The number of aryl methyl sites for hydroxylation is 1. The maximum Gasteiger partial charge on any atom is 0.274 e. The van der Waals surface area contributed by atoms with Crippen molar-refractivity contribution < 1.29 is 9.90 Å². The second-order valence-electron chi connectivity index (χ2n) is 4.95. The number of carbonyl (C=O) groups excluding carboxylic acids is 1. The molecule has 0 fully saturated rings. The first-order valence-corrected chi connectivity index (χ1v) is 7.01. The number of unbranched alkanes of at least 4 members (excludes halogenated alkanes) is 1. The molecule has 0 aromatic carbocycles. The number of carbonyl (C=O) groups is 1. The van der Waals surface area contributed by atoms with Crippen LogP contribution in [0.1, 0.15) is 44.1 Å². The second-order valence-corrected chi connectivity index (χ2v) is 4.95. The smallest absolute Gasteiger partial charge is 0.274 e. The quantitative estimate of drug-likeness (QED) is 0.805. The largest absolute Gasteiger partial charge is 0.395 e. The Labute approximate surface area is 119 Å². The summed E-state index contributed by atoms with van der Waals surface area (Å²) in [7, 11) is 0. The first-order chi connectivity index (χ1) is 9.51. The highest BCUT2D eigenvalue weighted by Crippen LogP contribution is 2.05. The summed E-state index contributed by atoms with van der Waals surface area (Å²) in [6.45, 7) is 6.45. The Morgan fingerprint density at radius 3 is 2.70 bits per heavy atom. The lowest BCUT2D eigenvalue weighted by molar-refractivity contribution is 0.0656. The molecule has 1 aromatic heterocycles. The Kier molecular flexibility index (Phi) is 6.38. The highest BCUT2D eigenvalue weighted by Gasteiger charge is 2.20. The predicted octanol–water partition coefficient (Wildman–Crippen LogP) is 0.886. The molecule has 20 heavy (non-hydrogen) atoms. The van der Waals surface area contributed by atoms with Crippen molar-refractivity contribution in [1.29, 1.82) is 0 Å². The van der Waals surface area contributed by atoms with Crippen LogP contribution in [0.15, 0.2) is 16.9 Å². The van der Waals surface area contributed by atoms with Crippen LogP contribution in [0.2, 0.25) is 0 Å². The molecule has 0 aliphatic carbocycles. The Morgan fingerprint density at radius 2 is 2.15 bits per heavy atom. The van der Waals surface area contributed by atoms with Crippen LogP contribution in [0.3, 0.4) is 0 Å². The average molecular weight is 281 g/mol. The predicted molar refractivity (Wildman–Crippen MR) is 76.7 cm³/mol.